The molecule has 0 bridgehead atoms. The summed E-state index contributed by atoms with van der Waals surface area (Å²) in [6.45, 7) is 9.36. The van der Waals surface area contributed by atoms with Gasteiger partial charge in [-0.25, -0.2) is 0 Å². The number of allylic oxidation sites excluding steroid dienone is 9. The van der Waals surface area contributed by atoms with Crippen LogP contribution in [-0.4, -0.2) is 8.07 Å². The zero-order valence-electron chi connectivity index (χ0n) is 23.3. The molecule has 4 aliphatic carbocycles. The van der Waals surface area contributed by atoms with Crippen LogP contribution in [0.25, 0.3) is 0 Å². The monoisotopic (exact) mass is 516 g/mol. The van der Waals surface area contributed by atoms with Crippen molar-refractivity contribution in [2.75, 3.05) is 0 Å². The van der Waals surface area contributed by atoms with Crippen molar-refractivity contribution in [2.24, 2.45) is 35.5 Å². The van der Waals surface area contributed by atoms with Crippen LogP contribution in [0.15, 0.2) is 122 Å². The molecule has 6 unspecified atom stereocenters. The fraction of sp³-hybridized carbons (Fsp3) is 0.405. The van der Waals surface area contributed by atoms with Gasteiger partial charge < -0.3 is 0 Å². The molecule has 1 heteroatoms. The van der Waals surface area contributed by atoms with E-state index < -0.39 is 8.07 Å². The molecule has 0 amide bonds. The molecule has 6 rings (SSSR count). The first-order chi connectivity index (χ1) is 18.6. The van der Waals surface area contributed by atoms with Crippen molar-refractivity contribution in [2.45, 2.75) is 55.8 Å². The summed E-state index contributed by atoms with van der Waals surface area (Å²) in [7, 11) is -1.34. The average molecular weight is 517 g/mol. The lowest BCUT2D eigenvalue weighted by Gasteiger charge is -2.50. The van der Waals surface area contributed by atoms with Gasteiger partial charge in [-0.15, -0.1) is 6.58 Å². The second kappa shape index (κ2) is 10.5. The third-order valence-corrected chi connectivity index (χ3v) is 15.2. The van der Waals surface area contributed by atoms with E-state index in [0.29, 0.717) is 35.5 Å². The van der Waals surface area contributed by atoms with Crippen molar-refractivity contribution in [1.82, 2.24) is 0 Å². The molecule has 2 saturated carbocycles. The number of rotatable bonds is 8. The van der Waals surface area contributed by atoms with Gasteiger partial charge in [-0.3, -0.25) is 0 Å². The highest BCUT2D eigenvalue weighted by molar-refractivity contribution is 6.78. The molecule has 6 atom stereocenters. The van der Waals surface area contributed by atoms with Crippen LogP contribution in [0.5, 0.6) is 0 Å². The van der Waals surface area contributed by atoms with Crippen LogP contribution in [0.1, 0.15) is 36.8 Å². The highest BCUT2D eigenvalue weighted by Crippen LogP contribution is 2.65. The minimum absolute atomic E-state index is 0.00639. The summed E-state index contributed by atoms with van der Waals surface area (Å²) >= 11 is 0. The predicted octanol–water partition coefficient (Wildman–Crippen LogP) is 9.77. The van der Waals surface area contributed by atoms with E-state index in [0.717, 1.165) is 5.54 Å². The summed E-state index contributed by atoms with van der Waals surface area (Å²) in [5.41, 5.74) is 3.96. The van der Waals surface area contributed by atoms with E-state index in [1.165, 1.54) is 42.9 Å². The van der Waals surface area contributed by atoms with E-state index in [-0.39, 0.29) is 5.41 Å². The van der Waals surface area contributed by atoms with E-state index in [1.807, 2.05) is 0 Å². The molecule has 38 heavy (non-hydrogen) atoms. The Morgan fingerprint density at radius 3 is 1.74 bits per heavy atom. The molecule has 2 aromatic carbocycles. The number of hydrogen-bond donors (Lipinski definition) is 0. The molecule has 2 aromatic rings. The Labute approximate surface area is 232 Å². The van der Waals surface area contributed by atoms with Crippen LogP contribution in [0, 0.1) is 35.5 Å². The van der Waals surface area contributed by atoms with Crippen molar-refractivity contribution in [1.29, 1.82) is 0 Å². The largest absolute Gasteiger partial charge is 0.103 e. The van der Waals surface area contributed by atoms with Crippen molar-refractivity contribution in [3.8, 4) is 0 Å². The highest BCUT2D eigenvalue weighted by atomic mass is 28.3. The van der Waals surface area contributed by atoms with Crippen molar-refractivity contribution in [3.63, 3.8) is 0 Å². The Bertz CT molecular complexity index is 1160. The lowest BCUT2D eigenvalue weighted by atomic mass is 9.53. The summed E-state index contributed by atoms with van der Waals surface area (Å²) in [5, 5.41) is 0. The molecular weight excluding hydrogens is 472 g/mol. The molecule has 0 saturated heterocycles. The Morgan fingerprint density at radius 1 is 0.737 bits per heavy atom. The molecule has 2 fully saturated rings. The Morgan fingerprint density at radius 2 is 1.24 bits per heavy atom. The third kappa shape index (κ3) is 4.18. The Balaban J connectivity index is 1.54. The third-order valence-electron chi connectivity index (χ3n) is 10.9. The van der Waals surface area contributed by atoms with Gasteiger partial charge >= 0.3 is 0 Å². The van der Waals surface area contributed by atoms with Gasteiger partial charge in [0.1, 0.15) is 0 Å². The van der Waals surface area contributed by atoms with Crippen LogP contribution >= 0.6 is 0 Å². The second-order valence-electron chi connectivity index (χ2n) is 13.0. The van der Waals surface area contributed by atoms with Crippen LogP contribution < -0.4 is 0 Å². The van der Waals surface area contributed by atoms with Gasteiger partial charge in [0.05, 0.1) is 8.07 Å². The number of hydrogen-bond acceptors (Lipinski definition) is 0. The van der Waals surface area contributed by atoms with Crippen LogP contribution in [0.2, 0.25) is 24.7 Å². The van der Waals surface area contributed by atoms with Crippen molar-refractivity contribution in [3.05, 3.63) is 133 Å². The maximum absolute atomic E-state index is 4.05. The highest BCUT2D eigenvalue weighted by Gasteiger charge is 2.60. The maximum Gasteiger partial charge on any atom is 0.0508 e. The summed E-state index contributed by atoms with van der Waals surface area (Å²) in [6.07, 6.45) is 26.9. The van der Waals surface area contributed by atoms with E-state index in [2.05, 4.69) is 135 Å². The summed E-state index contributed by atoms with van der Waals surface area (Å²) < 4.78 is 0. The molecule has 0 aliphatic heterocycles. The van der Waals surface area contributed by atoms with Crippen LogP contribution in [-0.2, 0) is 5.41 Å². The van der Waals surface area contributed by atoms with Gasteiger partial charge in [-0.2, -0.15) is 0 Å². The van der Waals surface area contributed by atoms with Crippen molar-refractivity contribution < 1.29 is 0 Å². The van der Waals surface area contributed by atoms with Crippen LogP contribution in [0.3, 0.4) is 0 Å². The first-order valence-electron chi connectivity index (χ1n) is 15.0. The standard InChI is InChI=1S/C37H44Si/c1-4-5-26-38(2,3)31-25-24-30(27-31)37(28-16-8-6-9-17-28,29-18-10-7-11-19-29)36-34-22-14-12-20-32(34)33-21-13-15-23-35(33)36/h4,6-23,30-36H,1,5,24-27H2,2-3H3. The smallest absolute Gasteiger partial charge is 0.0508 e. The second-order valence-corrected chi connectivity index (χ2v) is 18.3. The van der Waals surface area contributed by atoms with Gasteiger partial charge in [-0.05, 0) is 71.4 Å². The molecule has 0 spiro atoms. The Hall–Kier alpha value is -2.64. The van der Waals surface area contributed by atoms with E-state index in [1.54, 1.807) is 0 Å². The zero-order chi connectivity index (χ0) is 26.2. The fourth-order valence-electron chi connectivity index (χ4n) is 9.14. The molecule has 0 radical (unpaired) electrons. The average Bonchev–Trinajstić information content (AvgIpc) is 3.59. The molecule has 196 valence electrons. The SMILES string of the molecule is C=CCC[Si](C)(C)C1CCC(C(c2ccccc2)(c2ccccc2)C2C3C=CC=CC3C3C=CC=CC32)C1. The molecule has 0 nitrogen and oxygen atoms in total. The first kappa shape index (κ1) is 25.6. The lowest BCUT2D eigenvalue weighted by Crippen LogP contribution is -2.47. The maximum atomic E-state index is 4.05. The lowest BCUT2D eigenvalue weighted by molar-refractivity contribution is 0.158. The number of fused-ring (bicyclic) bond motifs is 3. The molecule has 4 aliphatic rings. The van der Waals surface area contributed by atoms with Gasteiger partial charge in [0, 0.05) is 5.41 Å². The normalized spacial score (nSPS) is 31.8. The summed E-state index contributed by atoms with van der Waals surface area (Å²) in [5.74, 6) is 3.44. The van der Waals surface area contributed by atoms with Crippen molar-refractivity contribution >= 4 is 8.07 Å². The molecular formula is C37H44Si. The van der Waals surface area contributed by atoms with Crippen LogP contribution in [0.4, 0.5) is 0 Å². The van der Waals surface area contributed by atoms with E-state index in [4.69, 9.17) is 0 Å². The van der Waals surface area contributed by atoms with Gasteiger partial charge in [-0.1, -0.05) is 141 Å². The Kier molecular flexibility index (Phi) is 7.08. The predicted molar refractivity (Wildman–Crippen MR) is 166 cm³/mol. The zero-order valence-corrected chi connectivity index (χ0v) is 24.3. The number of benzene rings is 2. The van der Waals surface area contributed by atoms with Gasteiger partial charge in [0.2, 0.25) is 0 Å². The molecule has 0 N–H and O–H groups in total. The van der Waals surface area contributed by atoms with E-state index in [9.17, 15) is 0 Å². The summed E-state index contributed by atoms with van der Waals surface area (Å²) in [6, 6.07) is 24.8. The van der Waals surface area contributed by atoms with Gasteiger partial charge in [0.15, 0.2) is 0 Å². The molecule has 0 heterocycles. The minimum Gasteiger partial charge on any atom is -0.103 e. The fourth-order valence-corrected chi connectivity index (χ4v) is 12.4. The first-order valence-corrected chi connectivity index (χ1v) is 18.3. The topological polar surface area (TPSA) is 0 Å². The van der Waals surface area contributed by atoms with Gasteiger partial charge in [0.25, 0.3) is 0 Å². The molecule has 0 aromatic heterocycles. The summed E-state index contributed by atoms with van der Waals surface area (Å²) in [4.78, 5) is 0. The van der Waals surface area contributed by atoms with E-state index >= 15 is 0 Å². The quantitative estimate of drug-likeness (QED) is 0.242. The minimum atomic E-state index is -1.34.